The molecule has 226 valence electrons. The van der Waals surface area contributed by atoms with Gasteiger partial charge in [0.2, 0.25) is 21.8 Å². The van der Waals surface area contributed by atoms with E-state index in [1.807, 2.05) is 19.1 Å². The maximum Gasteiger partial charge on any atom is 0.272 e. The zero-order valence-electron chi connectivity index (χ0n) is 24.3. The molecule has 1 aliphatic heterocycles. The molecule has 3 aliphatic rings. The summed E-state index contributed by atoms with van der Waals surface area (Å²) in [7, 11) is -0.681. The molecule has 3 N–H and O–H groups in total. The largest absolute Gasteiger partial charge is 0.339 e. The highest BCUT2D eigenvalue weighted by atomic mass is 32.2. The molecule has 1 aromatic heterocycles. The molecule has 2 aliphatic carbocycles. The van der Waals surface area contributed by atoms with Gasteiger partial charge >= 0.3 is 0 Å². The summed E-state index contributed by atoms with van der Waals surface area (Å²) in [6, 6.07) is -0.215. The average molecular weight is 591 g/mol. The van der Waals surface area contributed by atoms with Gasteiger partial charge in [-0.25, -0.2) is 8.42 Å². The van der Waals surface area contributed by atoms with Gasteiger partial charge in [-0.15, -0.1) is 0 Å². The normalized spacial score (nSPS) is 29.3. The van der Waals surface area contributed by atoms with Crippen molar-refractivity contribution in [1.82, 2.24) is 30.0 Å². The first-order valence-electron chi connectivity index (χ1n) is 14.5. The Morgan fingerprint density at radius 3 is 2.54 bits per heavy atom. The first kappa shape index (κ1) is 30.7. The Kier molecular flexibility index (Phi) is 8.95. The third-order valence-corrected chi connectivity index (χ3v) is 10.7. The van der Waals surface area contributed by atoms with Crippen LogP contribution in [0.15, 0.2) is 24.4 Å². The fourth-order valence-corrected chi connectivity index (χ4v) is 6.63. The fraction of sp³-hybridized carbons (Fsp3) is 0.679. The summed E-state index contributed by atoms with van der Waals surface area (Å²) < 4.78 is 28.4. The molecule has 12 nitrogen and oxygen atoms in total. The zero-order chi connectivity index (χ0) is 30.0. The molecule has 13 heteroatoms. The topological polar surface area (TPSA) is 160 Å². The molecule has 2 unspecified atom stereocenters. The number of sulfonamides is 1. The lowest BCUT2D eigenvalue weighted by Crippen LogP contribution is -2.59. The minimum atomic E-state index is -3.90. The summed E-state index contributed by atoms with van der Waals surface area (Å²) in [5.41, 5.74) is -1.22. The Labute approximate surface area is 241 Å². The number of fused-ring (bicyclic) bond motifs is 1. The van der Waals surface area contributed by atoms with Gasteiger partial charge in [-0.2, -0.15) is 5.10 Å². The van der Waals surface area contributed by atoms with Crippen molar-refractivity contribution in [3.8, 4) is 0 Å². The molecule has 0 radical (unpaired) electrons. The van der Waals surface area contributed by atoms with E-state index in [0.29, 0.717) is 38.5 Å². The van der Waals surface area contributed by atoms with Gasteiger partial charge in [0.15, 0.2) is 0 Å². The number of nitrogens with one attached hydrogen (secondary N) is 3. The van der Waals surface area contributed by atoms with Gasteiger partial charge in [-0.05, 0) is 57.9 Å². The van der Waals surface area contributed by atoms with Gasteiger partial charge in [0.05, 0.1) is 4.75 Å². The third-order valence-electron chi connectivity index (χ3n) is 8.56. The molecule has 41 heavy (non-hydrogen) atoms. The molecule has 4 atom stereocenters. The lowest BCUT2D eigenvalue weighted by molar-refractivity contribution is -0.142. The number of carbonyl (C=O) groups is 4. The van der Waals surface area contributed by atoms with Crippen molar-refractivity contribution >= 4 is 33.7 Å². The number of likely N-dealkylation sites (N-methyl/N-ethyl adjacent to an activating group) is 1. The van der Waals surface area contributed by atoms with Gasteiger partial charge in [0.25, 0.3) is 11.8 Å². The van der Waals surface area contributed by atoms with Crippen LogP contribution in [0, 0.1) is 5.92 Å². The van der Waals surface area contributed by atoms with Crippen LogP contribution in [0.25, 0.3) is 0 Å². The molecular formula is C28H42N6O6S. The first-order valence-corrected chi connectivity index (χ1v) is 15.9. The van der Waals surface area contributed by atoms with E-state index >= 15 is 0 Å². The number of hydrogen-bond donors (Lipinski definition) is 3. The summed E-state index contributed by atoms with van der Waals surface area (Å²) in [6.45, 7) is 3.48. The van der Waals surface area contributed by atoms with Crippen molar-refractivity contribution in [1.29, 1.82) is 0 Å². The molecule has 0 bridgehead atoms. The van der Waals surface area contributed by atoms with Crippen LogP contribution in [0.4, 0.5) is 0 Å². The Hall–Kier alpha value is -3.22. The predicted octanol–water partition coefficient (Wildman–Crippen LogP) is 1.54. The third kappa shape index (κ3) is 6.65. The number of rotatable bonds is 7. The second-order valence-corrected chi connectivity index (χ2v) is 14.1. The Balaban J connectivity index is 1.58. The van der Waals surface area contributed by atoms with E-state index in [-0.39, 0.29) is 18.0 Å². The number of aryl methyl sites for hydroxylation is 1. The molecule has 0 aromatic carbocycles. The highest BCUT2D eigenvalue weighted by Crippen LogP contribution is 2.47. The number of amides is 4. The highest BCUT2D eigenvalue weighted by molar-refractivity contribution is 7.91. The molecule has 4 rings (SSSR count). The Morgan fingerprint density at radius 1 is 1.17 bits per heavy atom. The summed E-state index contributed by atoms with van der Waals surface area (Å²) in [5.74, 6) is -2.52. The van der Waals surface area contributed by atoms with Crippen molar-refractivity contribution < 1.29 is 27.6 Å². The van der Waals surface area contributed by atoms with Crippen LogP contribution in [0.5, 0.6) is 0 Å². The summed E-state index contributed by atoms with van der Waals surface area (Å²) in [5, 5.41) is 9.77. The van der Waals surface area contributed by atoms with Crippen LogP contribution < -0.4 is 15.4 Å². The SMILES string of the molecule is CCCC1C(=O)N[C@]2(C(=O)NS(=O)(=O)C3(C)CC3)CC2/C=C\CCCCC[C@H](NC(=O)c2ccn(C)n2)C(=O)N1C. The van der Waals surface area contributed by atoms with Gasteiger partial charge < -0.3 is 15.5 Å². The lowest BCUT2D eigenvalue weighted by atomic mass is 10.0. The molecule has 4 amide bonds. The summed E-state index contributed by atoms with van der Waals surface area (Å²) in [6.07, 6.45) is 11.1. The van der Waals surface area contributed by atoms with Gasteiger partial charge in [-0.1, -0.05) is 38.3 Å². The Bertz CT molecular complexity index is 1320. The lowest BCUT2D eigenvalue weighted by Gasteiger charge is -2.32. The highest BCUT2D eigenvalue weighted by Gasteiger charge is 2.62. The summed E-state index contributed by atoms with van der Waals surface area (Å²) in [4.78, 5) is 55.1. The molecule has 1 aromatic rings. The molecule has 2 saturated carbocycles. The number of aromatic nitrogens is 2. The second-order valence-electron chi connectivity index (χ2n) is 11.9. The van der Waals surface area contributed by atoms with E-state index in [1.54, 1.807) is 26.2 Å². The Morgan fingerprint density at radius 2 is 1.90 bits per heavy atom. The van der Waals surface area contributed by atoms with Crippen LogP contribution in [-0.2, 0) is 31.5 Å². The number of hydrogen-bond acceptors (Lipinski definition) is 7. The molecule has 2 fully saturated rings. The minimum Gasteiger partial charge on any atom is -0.339 e. The van der Waals surface area contributed by atoms with Crippen LogP contribution >= 0.6 is 0 Å². The van der Waals surface area contributed by atoms with E-state index in [1.165, 1.54) is 16.6 Å². The number of allylic oxidation sites excluding steroid dienone is 1. The minimum absolute atomic E-state index is 0.189. The smallest absolute Gasteiger partial charge is 0.272 e. The predicted molar refractivity (Wildman–Crippen MR) is 152 cm³/mol. The average Bonchev–Trinajstić information content (AvgIpc) is 3.79. The van der Waals surface area contributed by atoms with Gasteiger partial charge in [-0.3, -0.25) is 28.6 Å². The summed E-state index contributed by atoms with van der Waals surface area (Å²) >= 11 is 0. The van der Waals surface area contributed by atoms with Crippen LogP contribution in [0.2, 0.25) is 0 Å². The van der Waals surface area contributed by atoms with E-state index in [2.05, 4.69) is 20.5 Å². The van der Waals surface area contributed by atoms with Gasteiger partial charge in [0, 0.05) is 26.2 Å². The first-order chi connectivity index (χ1) is 19.3. The number of carbonyl (C=O) groups excluding carboxylic acids is 4. The standard InChI is InChI=1S/C28H42N6O6S/c1-5-11-22-24(36)30-28(26(38)32-41(39,40)27(2)15-16-27)18-19(28)12-9-7-6-8-10-13-21(25(37)34(22)4)29-23(35)20-14-17-33(3)31-20/h9,12,14,17,19,21-22H,5-8,10-11,13,15-16,18H2,1-4H3,(H,29,35)(H,30,36)(H,32,38)/b12-9-/t19?,21-,22?,28+/m0/s1. The molecule has 2 heterocycles. The van der Waals surface area contributed by atoms with E-state index in [0.717, 1.165) is 19.3 Å². The molecule has 0 saturated heterocycles. The van der Waals surface area contributed by atoms with E-state index in [9.17, 15) is 27.6 Å². The quantitative estimate of drug-likeness (QED) is 0.406. The number of nitrogens with zero attached hydrogens (tertiary/aromatic N) is 3. The second kappa shape index (κ2) is 11.9. The van der Waals surface area contributed by atoms with Crippen molar-refractivity contribution in [3.63, 3.8) is 0 Å². The van der Waals surface area contributed by atoms with Crippen molar-refractivity contribution in [2.45, 2.75) is 100 Å². The zero-order valence-corrected chi connectivity index (χ0v) is 25.1. The molecule has 0 spiro atoms. The van der Waals surface area contributed by atoms with Crippen LogP contribution in [0.1, 0.15) is 88.5 Å². The van der Waals surface area contributed by atoms with Crippen LogP contribution in [0.3, 0.4) is 0 Å². The maximum atomic E-state index is 13.7. The maximum absolute atomic E-state index is 13.7. The molecular weight excluding hydrogens is 548 g/mol. The van der Waals surface area contributed by atoms with E-state index in [4.69, 9.17) is 0 Å². The van der Waals surface area contributed by atoms with Crippen molar-refractivity contribution in [2.24, 2.45) is 13.0 Å². The van der Waals surface area contributed by atoms with Crippen molar-refractivity contribution in [3.05, 3.63) is 30.1 Å². The monoisotopic (exact) mass is 590 g/mol. The van der Waals surface area contributed by atoms with Gasteiger partial charge in [0.1, 0.15) is 23.3 Å². The van der Waals surface area contributed by atoms with Crippen molar-refractivity contribution in [2.75, 3.05) is 7.05 Å². The van der Waals surface area contributed by atoms with Crippen LogP contribution in [-0.4, -0.2) is 76.1 Å². The fourth-order valence-electron chi connectivity index (χ4n) is 5.31. The van der Waals surface area contributed by atoms with E-state index < -0.39 is 56.0 Å².